The maximum Gasteiger partial charge on any atom is 0.227 e. The molecule has 32 heavy (non-hydrogen) atoms. The smallest absolute Gasteiger partial charge is 0.227 e. The molecule has 0 fully saturated rings. The Balaban J connectivity index is 1.38. The topological polar surface area (TPSA) is 49.2 Å². The summed E-state index contributed by atoms with van der Waals surface area (Å²) in [6.45, 7) is 2.92. The van der Waals surface area contributed by atoms with Crippen molar-refractivity contribution in [1.82, 2.24) is 14.8 Å². The lowest BCUT2D eigenvalue weighted by molar-refractivity contribution is -0.112. The van der Waals surface area contributed by atoms with Crippen molar-refractivity contribution in [3.63, 3.8) is 0 Å². The second kappa shape index (κ2) is 9.14. The standard InChI is InChI=1S/C25H22FN3O2S/c1-17-27-28-25(29(17)14-18-8-4-2-5-9-18)32-16-21-13-22(26)12-20-15-30-24(31-23(20)21)19-10-6-3-7-11-19/h2-13,24H,14-16H2,1H3/t24-/m1/s1. The van der Waals surface area contributed by atoms with Gasteiger partial charge in [0.25, 0.3) is 0 Å². The molecule has 1 atom stereocenters. The van der Waals surface area contributed by atoms with Crippen molar-refractivity contribution < 1.29 is 13.9 Å². The maximum absolute atomic E-state index is 14.3. The third-order valence-corrected chi connectivity index (χ3v) is 6.35. The molecule has 1 aliphatic heterocycles. The first kappa shape index (κ1) is 20.7. The second-order valence-corrected chi connectivity index (χ2v) is 8.56. The quantitative estimate of drug-likeness (QED) is 0.356. The van der Waals surface area contributed by atoms with Gasteiger partial charge >= 0.3 is 0 Å². The van der Waals surface area contributed by atoms with Gasteiger partial charge in [0.1, 0.15) is 17.4 Å². The molecule has 0 radical (unpaired) electrons. The van der Waals surface area contributed by atoms with Gasteiger partial charge in [-0.1, -0.05) is 72.4 Å². The van der Waals surface area contributed by atoms with Crippen molar-refractivity contribution in [2.45, 2.75) is 37.3 Å². The van der Waals surface area contributed by atoms with Crippen LogP contribution in [0.15, 0.2) is 78.0 Å². The summed E-state index contributed by atoms with van der Waals surface area (Å²) in [5.74, 6) is 1.73. The van der Waals surface area contributed by atoms with Crippen molar-refractivity contribution in [1.29, 1.82) is 0 Å². The Bertz CT molecular complexity index is 1210. The monoisotopic (exact) mass is 447 g/mol. The predicted octanol–water partition coefficient (Wildman–Crippen LogP) is 5.67. The van der Waals surface area contributed by atoms with E-state index in [9.17, 15) is 4.39 Å². The van der Waals surface area contributed by atoms with E-state index in [2.05, 4.69) is 26.9 Å². The average molecular weight is 448 g/mol. The van der Waals surface area contributed by atoms with E-state index in [0.717, 1.165) is 27.7 Å². The fraction of sp³-hybridized carbons (Fsp3) is 0.200. The molecule has 0 N–H and O–H groups in total. The SMILES string of the molecule is Cc1nnc(SCc2cc(F)cc3c2O[C@H](c2ccccc2)OC3)n1Cc1ccccc1. The van der Waals surface area contributed by atoms with E-state index in [0.29, 0.717) is 24.7 Å². The van der Waals surface area contributed by atoms with Crippen LogP contribution in [0.3, 0.4) is 0 Å². The van der Waals surface area contributed by atoms with Crippen LogP contribution >= 0.6 is 11.8 Å². The van der Waals surface area contributed by atoms with Crippen molar-refractivity contribution in [2.75, 3.05) is 0 Å². The first-order valence-corrected chi connectivity index (χ1v) is 11.4. The van der Waals surface area contributed by atoms with Crippen LogP contribution in [0.4, 0.5) is 4.39 Å². The van der Waals surface area contributed by atoms with Crippen LogP contribution in [0.5, 0.6) is 5.75 Å². The molecule has 5 nitrogen and oxygen atoms in total. The number of hydrogen-bond acceptors (Lipinski definition) is 5. The summed E-state index contributed by atoms with van der Waals surface area (Å²) in [4.78, 5) is 0. The van der Waals surface area contributed by atoms with E-state index in [1.807, 2.05) is 55.5 Å². The number of fused-ring (bicyclic) bond motifs is 1. The second-order valence-electron chi connectivity index (χ2n) is 7.61. The lowest BCUT2D eigenvalue weighted by Crippen LogP contribution is -2.19. The molecule has 3 aromatic carbocycles. The Kier molecular flexibility index (Phi) is 5.92. The summed E-state index contributed by atoms with van der Waals surface area (Å²) in [6.07, 6.45) is -0.512. The molecule has 1 aromatic heterocycles. The zero-order valence-electron chi connectivity index (χ0n) is 17.6. The highest BCUT2D eigenvalue weighted by molar-refractivity contribution is 7.98. The molecule has 0 bridgehead atoms. The number of benzene rings is 3. The van der Waals surface area contributed by atoms with Gasteiger partial charge in [0.15, 0.2) is 5.16 Å². The molecular formula is C25H22FN3O2S. The van der Waals surface area contributed by atoms with Crippen molar-refractivity contribution >= 4 is 11.8 Å². The number of hydrogen-bond donors (Lipinski definition) is 0. The Labute approximate surface area is 190 Å². The fourth-order valence-electron chi connectivity index (χ4n) is 3.72. The molecule has 4 aromatic rings. The first-order valence-electron chi connectivity index (χ1n) is 10.4. The minimum atomic E-state index is -0.512. The molecule has 2 heterocycles. The molecule has 0 saturated carbocycles. The van der Waals surface area contributed by atoms with Gasteiger partial charge in [-0.2, -0.15) is 0 Å². The Hall–Kier alpha value is -3.16. The molecule has 162 valence electrons. The predicted molar refractivity (Wildman–Crippen MR) is 121 cm³/mol. The summed E-state index contributed by atoms with van der Waals surface area (Å²) in [7, 11) is 0. The largest absolute Gasteiger partial charge is 0.460 e. The van der Waals surface area contributed by atoms with Crippen LogP contribution in [0.25, 0.3) is 0 Å². The Morgan fingerprint density at radius 2 is 1.78 bits per heavy atom. The lowest BCUT2D eigenvalue weighted by Gasteiger charge is -2.28. The highest BCUT2D eigenvalue weighted by Gasteiger charge is 2.25. The van der Waals surface area contributed by atoms with Gasteiger partial charge < -0.3 is 14.0 Å². The van der Waals surface area contributed by atoms with Gasteiger partial charge in [-0.15, -0.1) is 10.2 Å². The van der Waals surface area contributed by atoms with Gasteiger partial charge in [0.2, 0.25) is 6.29 Å². The van der Waals surface area contributed by atoms with Crippen LogP contribution in [0.1, 0.15) is 34.4 Å². The summed E-state index contributed by atoms with van der Waals surface area (Å²) < 4.78 is 28.4. The molecule has 0 unspecified atom stereocenters. The average Bonchev–Trinajstić information content (AvgIpc) is 3.17. The van der Waals surface area contributed by atoms with Crippen LogP contribution in [0.2, 0.25) is 0 Å². The van der Waals surface area contributed by atoms with E-state index >= 15 is 0 Å². The number of halogens is 1. The van der Waals surface area contributed by atoms with E-state index in [4.69, 9.17) is 9.47 Å². The van der Waals surface area contributed by atoms with Crippen molar-refractivity contribution in [2.24, 2.45) is 0 Å². The van der Waals surface area contributed by atoms with Crippen LogP contribution in [-0.2, 0) is 23.6 Å². The summed E-state index contributed by atoms with van der Waals surface area (Å²) in [5.41, 5.74) is 3.60. The third-order valence-electron chi connectivity index (χ3n) is 5.34. The molecular weight excluding hydrogens is 425 g/mol. The van der Waals surface area contributed by atoms with Gasteiger partial charge in [0, 0.05) is 22.4 Å². The summed E-state index contributed by atoms with van der Waals surface area (Å²) in [5, 5.41) is 9.38. The maximum atomic E-state index is 14.3. The minimum Gasteiger partial charge on any atom is -0.460 e. The molecule has 0 saturated heterocycles. The van der Waals surface area contributed by atoms with Gasteiger partial charge in [-0.05, 0) is 24.6 Å². The van der Waals surface area contributed by atoms with Crippen molar-refractivity contribution in [3.8, 4) is 5.75 Å². The van der Waals surface area contributed by atoms with E-state index in [-0.39, 0.29) is 5.82 Å². The third kappa shape index (κ3) is 4.40. The zero-order valence-corrected chi connectivity index (χ0v) is 18.4. The van der Waals surface area contributed by atoms with Crippen LogP contribution < -0.4 is 4.74 Å². The molecule has 0 aliphatic carbocycles. The van der Waals surface area contributed by atoms with E-state index in [1.165, 1.54) is 29.5 Å². The fourth-order valence-corrected chi connectivity index (χ4v) is 4.67. The molecule has 1 aliphatic rings. The molecule has 5 rings (SSSR count). The summed E-state index contributed by atoms with van der Waals surface area (Å²) >= 11 is 1.52. The van der Waals surface area contributed by atoms with E-state index < -0.39 is 6.29 Å². The lowest BCUT2D eigenvalue weighted by atomic mass is 10.1. The number of aryl methyl sites for hydroxylation is 1. The van der Waals surface area contributed by atoms with Crippen LogP contribution in [0, 0.1) is 12.7 Å². The van der Waals surface area contributed by atoms with Crippen LogP contribution in [-0.4, -0.2) is 14.8 Å². The number of thioether (sulfide) groups is 1. The van der Waals surface area contributed by atoms with E-state index in [1.54, 1.807) is 0 Å². The number of ether oxygens (including phenoxy) is 2. The molecule has 7 heteroatoms. The normalized spacial score (nSPS) is 15.2. The minimum absolute atomic E-state index is 0.299. The number of rotatable bonds is 6. The van der Waals surface area contributed by atoms with Gasteiger partial charge in [0.05, 0.1) is 13.2 Å². The highest BCUT2D eigenvalue weighted by Crippen LogP contribution is 2.38. The highest BCUT2D eigenvalue weighted by atomic mass is 32.2. The zero-order chi connectivity index (χ0) is 21.9. The Morgan fingerprint density at radius 1 is 1.03 bits per heavy atom. The Morgan fingerprint density at radius 3 is 2.56 bits per heavy atom. The summed E-state index contributed by atoms with van der Waals surface area (Å²) in [6, 6.07) is 23.0. The molecule has 0 amide bonds. The number of aromatic nitrogens is 3. The number of nitrogens with zero attached hydrogens (tertiary/aromatic N) is 3. The first-order chi connectivity index (χ1) is 15.7. The molecule has 0 spiro atoms. The van der Waals surface area contributed by atoms with Gasteiger partial charge in [-0.3, -0.25) is 0 Å². The van der Waals surface area contributed by atoms with Gasteiger partial charge in [-0.25, -0.2) is 4.39 Å². The van der Waals surface area contributed by atoms with Crippen molar-refractivity contribution in [3.05, 3.63) is 107 Å².